The monoisotopic (exact) mass is 318 g/mol. The van der Waals surface area contributed by atoms with Crippen molar-refractivity contribution in [2.75, 3.05) is 13.2 Å². The molecule has 1 aliphatic heterocycles. The van der Waals surface area contributed by atoms with Gasteiger partial charge in [0, 0.05) is 25.1 Å². The Morgan fingerprint density at radius 2 is 2.23 bits per heavy atom. The van der Waals surface area contributed by atoms with Gasteiger partial charge in [0.1, 0.15) is 17.4 Å². The van der Waals surface area contributed by atoms with E-state index in [2.05, 4.69) is 34.7 Å². The van der Waals surface area contributed by atoms with Crippen molar-refractivity contribution in [2.24, 2.45) is 0 Å². The lowest BCUT2D eigenvalue weighted by atomic mass is 10.2. The fraction of sp³-hybridized carbons (Fsp3) is 0.471. The lowest BCUT2D eigenvalue weighted by Crippen LogP contribution is -2.25. The van der Waals surface area contributed by atoms with Gasteiger partial charge in [0.2, 0.25) is 0 Å². The Balaban J connectivity index is 1.41. The van der Waals surface area contributed by atoms with Crippen LogP contribution in [0.15, 0.2) is 29.6 Å². The van der Waals surface area contributed by atoms with Crippen LogP contribution in [0.5, 0.6) is 5.75 Å². The zero-order valence-electron chi connectivity index (χ0n) is 12.9. The van der Waals surface area contributed by atoms with Crippen molar-refractivity contribution in [3.8, 4) is 5.75 Å². The molecule has 1 fully saturated rings. The van der Waals surface area contributed by atoms with Crippen LogP contribution in [0.2, 0.25) is 0 Å². The van der Waals surface area contributed by atoms with E-state index in [4.69, 9.17) is 9.47 Å². The minimum absolute atomic E-state index is 0.378. The average molecular weight is 318 g/mol. The Bertz CT molecular complexity index is 577. The molecule has 3 rings (SSSR count). The van der Waals surface area contributed by atoms with Crippen LogP contribution in [-0.4, -0.2) is 24.2 Å². The van der Waals surface area contributed by atoms with Crippen LogP contribution < -0.4 is 10.1 Å². The number of hydrogen-bond acceptors (Lipinski definition) is 5. The van der Waals surface area contributed by atoms with Gasteiger partial charge < -0.3 is 14.8 Å². The summed E-state index contributed by atoms with van der Waals surface area (Å²) in [6, 6.07) is 8.09. The second-order valence-electron chi connectivity index (χ2n) is 5.60. The van der Waals surface area contributed by atoms with Crippen LogP contribution in [0.1, 0.15) is 29.1 Å². The SMILES string of the molecule is Cc1ccc(OCc2nc(CNCC3CCCO3)cs2)cc1. The highest BCUT2D eigenvalue weighted by Crippen LogP contribution is 2.16. The smallest absolute Gasteiger partial charge is 0.140 e. The maximum atomic E-state index is 5.75. The van der Waals surface area contributed by atoms with Gasteiger partial charge in [-0.05, 0) is 31.9 Å². The van der Waals surface area contributed by atoms with E-state index < -0.39 is 0 Å². The van der Waals surface area contributed by atoms with Crippen molar-refractivity contribution in [1.82, 2.24) is 10.3 Å². The molecule has 2 heterocycles. The van der Waals surface area contributed by atoms with E-state index in [9.17, 15) is 0 Å². The van der Waals surface area contributed by atoms with Gasteiger partial charge in [-0.15, -0.1) is 11.3 Å². The molecule has 0 aliphatic carbocycles. The number of rotatable bonds is 7. The Labute approximate surface area is 135 Å². The van der Waals surface area contributed by atoms with Gasteiger partial charge in [0.05, 0.1) is 11.8 Å². The molecule has 0 bridgehead atoms. The summed E-state index contributed by atoms with van der Waals surface area (Å²) in [6.45, 7) is 5.21. The second-order valence-corrected chi connectivity index (χ2v) is 6.54. The van der Waals surface area contributed by atoms with Crippen LogP contribution in [0, 0.1) is 6.92 Å². The third-order valence-electron chi connectivity index (χ3n) is 3.68. The first-order valence-corrected chi connectivity index (χ1v) is 8.62. The standard InChI is InChI=1S/C17H22N2O2S/c1-13-4-6-15(7-5-13)21-11-17-19-14(12-22-17)9-18-10-16-3-2-8-20-16/h4-7,12,16,18H,2-3,8-11H2,1H3. The number of nitrogens with one attached hydrogen (secondary N) is 1. The van der Waals surface area contributed by atoms with Gasteiger partial charge in [0.25, 0.3) is 0 Å². The number of ether oxygens (including phenoxy) is 2. The third-order valence-corrected chi connectivity index (χ3v) is 4.56. The summed E-state index contributed by atoms with van der Waals surface area (Å²) in [7, 11) is 0. The Morgan fingerprint density at radius 1 is 1.36 bits per heavy atom. The molecule has 1 aromatic heterocycles. The summed E-state index contributed by atoms with van der Waals surface area (Å²) < 4.78 is 11.3. The number of aromatic nitrogens is 1. The molecule has 2 aromatic rings. The molecule has 1 aromatic carbocycles. The molecule has 0 spiro atoms. The van der Waals surface area contributed by atoms with Crippen molar-refractivity contribution >= 4 is 11.3 Å². The summed E-state index contributed by atoms with van der Waals surface area (Å²) in [4.78, 5) is 4.60. The first kappa shape index (κ1) is 15.5. The third kappa shape index (κ3) is 4.53. The molecular formula is C17H22N2O2S. The Kier molecular flexibility index (Phi) is 5.43. The van der Waals surface area contributed by atoms with Crippen LogP contribution in [-0.2, 0) is 17.9 Å². The van der Waals surface area contributed by atoms with Gasteiger partial charge in [0.15, 0.2) is 0 Å². The predicted molar refractivity (Wildman–Crippen MR) is 88.3 cm³/mol. The minimum Gasteiger partial charge on any atom is -0.486 e. The highest BCUT2D eigenvalue weighted by molar-refractivity contribution is 7.09. The zero-order chi connectivity index (χ0) is 15.2. The van der Waals surface area contributed by atoms with Crippen molar-refractivity contribution in [3.05, 3.63) is 45.9 Å². The molecule has 1 N–H and O–H groups in total. The Morgan fingerprint density at radius 3 is 3.00 bits per heavy atom. The van der Waals surface area contributed by atoms with E-state index in [0.29, 0.717) is 12.7 Å². The molecule has 5 heteroatoms. The van der Waals surface area contributed by atoms with Gasteiger partial charge in [-0.1, -0.05) is 17.7 Å². The molecule has 1 saturated heterocycles. The van der Waals surface area contributed by atoms with Gasteiger partial charge in [-0.25, -0.2) is 4.98 Å². The number of nitrogens with zero attached hydrogens (tertiary/aromatic N) is 1. The molecule has 1 aliphatic rings. The maximum absolute atomic E-state index is 5.75. The summed E-state index contributed by atoms with van der Waals surface area (Å²) in [5, 5.41) is 6.52. The number of hydrogen-bond donors (Lipinski definition) is 1. The van der Waals surface area contributed by atoms with E-state index in [1.165, 1.54) is 18.4 Å². The fourth-order valence-electron chi connectivity index (χ4n) is 2.44. The van der Waals surface area contributed by atoms with Crippen LogP contribution in [0.3, 0.4) is 0 Å². The lowest BCUT2D eigenvalue weighted by Gasteiger charge is -2.09. The molecule has 1 atom stereocenters. The molecule has 0 amide bonds. The summed E-state index contributed by atoms with van der Waals surface area (Å²) in [5.74, 6) is 0.888. The first-order chi connectivity index (χ1) is 10.8. The lowest BCUT2D eigenvalue weighted by molar-refractivity contribution is 0.110. The molecule has 1 unspecified atom stereocenters. The molecular weight excluding hydrogens is 296 g/mol. The average Bonchev–Trinajstić information content (AvgIpc) is 3.19. The van der Waals surface area contributed by atoms with E-state index in [1.54, 1.807) is 11.3 Å². The number of aryl methyl sites for hydroxylation is 1. The zero-order valence-corrected chi connectivity index (χ0v) is 13.7. The van der Waals surface area contributed by atoms with Crippen molar-refractivity contribution < 1.29 is 9.47 Å². The van der Waals surface area contributed by atoms with E-state index in [0.717, 1.165) is 36.1 Å². The fourth-order valence-corrected chi connectivity index (χ4v) is 3.15. The van der Waals surface area contributed by atoms with E-state index in [-0.39, 0.29) is 0 Å². The minimum atomic E-state index is 0.378. The molecule has 22 heavy (non-hydrogen) atoms. The van der Waals surface area contributed by atoms with Crippen LogP contribution >= 0.6 is 11.3 Å². The normalized spacial score (nSPS) is 17.8. The number of thiazole rings is 1. The van der Waals surface area contributed by atoms with Crippen molar-refractivity contribution in [2.45, 2.75) is 39.0 Å². The van der Waals surface area contributed by atoms with Crippen LogP contribution in [0.4, 0.5) is 0 Å². The van der Waals surface area contributed by atoms with Crippen LogP contribution in [0.25, 0.3) is 0 Å². The molecule has 0 radical (unpaired) electrons. The molecule has 0 saturated carbocycles. The quantitative estimate of drug-likeness (QED) is 0.850. The largest absolute Gasteiger partial charge is 0.486 e. The first-order valence-electron chi connectivity index (χ1n) is 7.74. The van der Waals surface area contributed by atoms with Crippen molar-refractivity contribution in [3.63, 3.8) is 0 Å². The second kappa shape index (κ2) is 7.72. The van der Waals surface area contributed by atoms with Crippen molar-refractivity contribution in [1.29, 1.82) is 0 Å². The predicted octanol–water partition coefficient (Wildman–Crippen LogP) is 3.30. The summed E-state index contributed by atoms with van der Waals surface area (Å²) >= 11 is 1.65. The summed E-state index contributed by atoms with van der Waals surface area (Å²) in [6.07, 6.45) is 2.73. The number of benzene rings is 1. The topological polar surface area (TPSA) is 43.4 Å². The summed E-state index contributed by atoms with van der Waals surface area (Å²) in [5.41, 5.74) is 2.31. The molecule has 118 valence electrons. The highest BCUT2D eigenvalue weighted by Gasteiger charge is 2.14. The highest BCUT2D eigenvalue weighted by atomic mass is 32.1. The van der Waals surface area contributed by atoms with Gasteiger partial charge in [-0.3, -0.25) is 0 Å². The van der Waals surface area contributed by atoms with E-state index >= 15 is 0 Å². The Hall–Kier alpha value is -1.43. The maximum Gasteiger partial charge on any atom is 0.140 e. The van der Waals surface area contributed by atoms with Gasteiger partial charge in [-0.2, -0.15) is 0 Å². The van der Waals surface area contributed by atoms with Gasteiger partial charge >= 0.3 is 0 Å². The molecule has 4 nitrogen and oxygen atoms in total. The van der Waals surface area contributed by atoms with E-state index in [1.807, 2.05) is 12.1 Å².